The minimum Gasteiger partial charge on any atom is -0.465 e. The van der Waals surface area contributed by atoms with Gasteiger partial charge in [-0.3, -0.25) is 4.90 Å². The standard InChI is InChI=1S/C17H25N3O3/c1-4-20-9-5-6-14(20)11-18-17(22)19-15-8-7-13(10-12(15)2)16(21)23-3/h7-8,10,14H,4-6,9,11H2,1-3H3,(H2,18,19,22). The Balaban J connectivity index is 1.89. The Morgan fingerprint density at radius 3 is 2.83 bits per heavy atom. The summed E-state index contributed by atoms with van der Waals surface area (Å²) in [6, 6.07) is 5.27. The zero-order valence-corrected chi connectivity index (χ0v) is 14.0. The van der Waals surface area contributed by atoms with Crippen LogP contribution in [0.1, 0.15) is 35.7 Å². The van der Waals surface area contributed by atoms with Crippen molar-refractivity contribution >= 4 is 17.7 Å². The Kier molecular flexibility index (Phi) is 5.98. The number of nitrogens with one attached hydrogen (secondary N) is 2. The quantitative estimate of drug-likeness (QED) is 0.818. The molecule has 0 aliphatic carbocycles. The summed E-state index contributed by atoms with van der Waals surface area (Å²) in [6.45, 7) is 6.77. The van der Waals surface area contributed by atoms with Gasteiger partial charge in [0.1, 0.15) is 0 Å². The van der Waals surface area contributed by atoms with E-state index in [9.17, 15) is 9.59 Å². The normalized spacial score (nSPS) is 17.8. The van der Waals surface area contributed by atoms with Crippen LogP contribution in [0.5, 0.6) is 0 Å². The number of aryl methyl sites for hydroxylation is 1. The van der Waals surface area contributed by atoms with E-state index in [0.717, 1.165) is 25.1 Å². The summed E-state index contributed by atoms with van der Waals surface area (Å²) in [5.41, 5.74) is 1.98. The van der Waals surface area contributed by atoms with Gasteiger partial charge in [0.2, 0.25) is 0 Å². The summed E-state index contributed by atoms with van der Waals surface area (Å²) in [4.78, 5) is 25.9. The lowest BCUT2D eigenvalue weighted by atomic mass is 10.1. The number of amides is 2. The lowest BCUT2D eigenvalue weighted by Gasteiger charge is -2.23. The van der Waals surface area contributed by atoms with Crippen molar-refractivity contribution in [3.8, 4) is 0 Å². The molecule has 0 spiro atoms. The Morgan fingerprint density at radius 1 is 1.39 bits per heavy atom. The van der Waals surface area contributed by atoms with Gasteiger partial charge in [0, 0.05) is 18.3 Å². The fraction of sp³-hybridized carbons (Fsp3) is 0.529. The van der Waals surface area contributed by atoms with Crippen molar-refractivity contribution in [2.45, 2.75) is 32.7 Å². The maximum Gasteiger partial charge on any atom is 0.337 e. The highest BCUT2D eigenvalue weighted by molar-refractivity contribution is 5.93. The molecule has 1 unspecified atom stereocenters. The fourth-order valence-corrected chi connectivity index (χ4v) is 2.97. The molecule has 0 saturated carbocycles. The molecule has 0 aromatic heterocycles. The largest absolute Gasteiger partial charge is 0.465 e. The maximum atomic E-state index is 12.1. The van der Waals surface area contributed by atoms with Crippen LogP contribution in [-0.2, 0) is 4.74 Å². The number of carbonyl (C=O) groups excluding carboxylic acids is 2. The van der Waals surface area contributed by atoms with E-state index in [1.807, 2.05) is 6.92 Å². The minimum absolute atomic E-state index is 0.220. The number of hydrogen-bond acceptors (Lipinski definition) is 4. The highest BCUT2D eigenvalue weighted by Crippen LogP contribution is 2.18. The first kappa shape index (κ1) is 17.3. The molecule has 126 valence electrons. The molecule has 1 aromatic rings. The summed E-state index contributed by atoms with van der Waals surface area (Å²) >= 11 is 0. The molecule has 1 fully saturated rings. The highest BCUT2D eigenvalue weighted by atomic mass is 16.5. The van der Waals surface area contributed by atoms with Gasteiger partial charge in [-0.05, 0) is 56.6 Å². The van der Waals surface area contributed by atoms with E-state index < -0.39 is 0 Å². The van der Waals surface area contributed by atoms with E-state index in [1.54, 1.807) is 18.2 Å². The summed E-state index contributed by atoms with van der Waals surface area (Å²) in [5, 5.41) is 5.76. The van der Waals surface area contributed by atoms with Crippen molar-refractivity contribution in [3.63, 3.8) is 0 Å². The molecule has 1 heterocycles. The van der Waals surface area contributed by atoms with Gasteiger partial charge >= 0.3 is 12.0 Å². The van der Waals surface area contributed by atoms with Crippen molar-refractivity contribution in [3.05, 3.63) is 29.3 Å². The average Bonchev–Trinajstić information content (AvgIpc) is 3.01. The number of likely N-dealkylation sites (tertiary alicyclic amines) is 1. The van der Waals surface area contributed by atoms with Crippen LogP contribution in [0.3, 0.4) is 0 Å². The molecule has 1 aliphatic rings. The van der Waals surface area contributed by atoms with Crippen LogP contribution in [-0.4, -0.2) is 49.7 Å². The second-order valence-corrected chi connectivity index (χ2v) is 5.78. The Labute approximate surface area is 137 Å². The molecule has 1 atom stereocenters. The Hall–Kier alpha value is -2.08. The molecular weight excluding hydrogens is 294 g/mol. The molecule has 1 saturated heterocycles. The molecule has 23 heavy (non-hydrogen) atoms. The minimum atomic E-state index is -0.384. The van der Waals surface area contributed by atoms with Gasteiger partial charge < -0.3 is 15.4 Å². The summed E-state index contributed by atoms with van der Waals surface area (Å²) in [7, 11) is 1.35. The molecule has 2 rings (SSSR count). The first-order valence-electron chi connectivity index (χ1n) is 8.03. The van der Waals surface area contributed by atoms with Crippen LogP contribution in [0.4, 0.5) is 10.5 Å². The molecule has 0 bridgehead atoms. The van der Waals surface area contributed by atoms with E-state index in [2.05, 4.69) is 27.2 Å². The lowest BCUT2D eigenvalue weighted by molar-refractivity contribution is 0.0600. The maximum absolute atomic E-state index is 12.1. The van der Waals surface area contributed by atoms with Gasteiger partial charge in [-0.1, -0.05) is 6.92 Å². The van der Waals surface area contributed by atoms with Crippen molar-refractivity contribution in [1.29, 1.82) is 0 Å². The molecule has 0 radical (unpaired) electrons. The van der Waals surface area contributed by atoms with E-state index >= 15 is 0 Å². The van der Waals surface area contributed by atoms with E-state index in [1.165, 1.54) is 13.5 Å². The van der Waals surface area contributed by atoms with Crippen LogP contribution < -0.4 is 10.6 Å². The van der Waals surface area contributed by atoms with Gasteiger partial charge in [0.25, 0.3) is 0 Å². The zero-order valence-electron chi connectivity index (χ0n) is 14.0. The number of esters is 1. The first-order chi connectivity index (χ1) is 11.0. The number of anilines is 1. The number of methoxy groups -OCH3 is 1. The van der Waals surface area contributed by atoms with E-state index in [4.69, 9.17) is 0 Å². The van der Waals surface area contributed by atoms with Gasteiger partial charge in [-0.2, -0.15) is 0 Å². The molecular formula is C17H25N3O3. The molecule has 1 aliphatic heterocycles. The fourth-order valence-electron chi connectivity index (χ4n) is 2.97. The van der Waals surface area contributed by atoms with Crippen LogP contribution in [0.15, 0.2) is 18.2 Å². The summed E-state index contributed by atoms with van der Waals surface area (Å²) < 4.78 is 4.69. The van der Waals surface area contributed by atoms with Crippen LogP contribution in [0, 0.1) is 6.92 Å². The molecule has 6 nitrogen and oxygen atoms in total. The molecule has 2 amide bonds. The lowest BCUT2D eigenvalue weighted by Crippen LogP contribution is -2.41. The zero-order chi connectivity index (χ0) is 16.8. The summed E-state index contributed by atoms with van der Waals surface area (Å²) in [5.74, 6) is -0.384. The van der Waals surface area contributed by atoms with Crippen LogP contribution >= 0.6 is 0 Å². The average molecular weight is 319 g/mol. The number of likely N-dealkylation sites (N-methyl/N-ethyl adjacent to an activating group) is 1. The SMILES string of the molecule is CCN1CCCC1CNC(=O)Nc1ccc(C(=O)OC)cc1C. The smallest absolute Gasteiger partial charge is 0.337 e. The third-order valence-corrected chi connectivity index (χ3v) is 4.30. The van der Waals surface area contributed by atoms with E-state index in [0.29, 0.717) is 23.8 Å². The van der Waals surface area contributed by atoms with Crippen molar-refractivity contribution < 1.29 is 14.3 Å². The van der Waals surface area contributed by atoms with Crippen molar-refractivity contribution in [2.75, 3.05) is 32.1 Å². The van der Waals surface area contributed by atoms with E-state index in [-0.39, 0.29) is 12.0 Å². The third-order valence-electron chi connectivity index (χ3n) is 4.30. The Bertz CT molecular complexity index is 574. The van der Waals surface area contributed by atoms with Crippen LogP contribution in [0.25, 0.3) is 0 Å². The van der Waals surface area contributed by atoms with Crippen molar-refractivity contribution in [2.24, 2.45) is 0 Å². The molecule has 6 heteroatoms. The number of benzene rings is 1. The molecule has 2 N–H and O–H groups in total. The number of hydrogen-bond donors (Lipinski definition) is 2. The van der Waals surface area contributed by atoms with Gasteiger partial charge in [-0.25, -0.2) is 9.59 Å². The van der Waals surface area contributed by atoms with Crippen LogP contribution in [0.2, 0.25) is 0 Å². The Morgan fingerprint density at radius 2 is 2.17 bits per heavy atom. The number of ether oxygens (including phenoxy) is 1. The molecule has 1 aromatic carbocycles. The number of nitrogens with zero attached hydrogens (tertiary/aromatic N) is 1. The van der Waals surface area contributed by atoms with Gasteiger partial charge in [-0.15, -0.1) is 0 Å². The highest BCUT2D eigenvalue weighted by Gasteiger charge is 2.23. The summed E-state index contributed by atoms with van der Waals surface area (Å²) in [6.07, 6.45) is 2.32. The number of carbonyl (C=O) groups is 2. The monoisotopic (exact) mass is 319 g/mol. The van der Waals surface area contributed by atoms with Crippen molar-refractivity contribution in [1.82, 2.24) is 10.2 Å². The van der Waals surface area contributed by atoms with Gasteiger partial charge in [0.05, 0.1) is 12.7 Å². The third kappa shape index (κ3) is 4.45. The predicted molar refractivity (Wildman–Crippen MR) is 89.8 cm³/mol. The second kappa shape index (κ2) is 7.97. The first-order valence-corrected chi connectivity index (χ1v) is 8.03. The van der Waals surface area contributed by atoms with Gasteiger partial charge in [0.15, 0.2) is 0 Å². The number of urea groups is 1. The second-order valence-electron chi connectivity index (χ2n) is 5.78. The predicted octanol–water partition coefficient (Wildman–Crippen LogP) is 2.39. The topological polar surface area (TPSA) is 70.7 Å². The number of rotatable bonds is 5.